The monoisotopic (exact) mass is 404 g/mol. The first kappa shape index (κ1) is 22.9. The average molecular weight is 405 g/mol. The van der Waals surface area contributed by atoms with Crippen LogP contribution in [0.5, 0.6) is 0 Å². The molecule has 0 fully saturated rings. The second-order valence-electron chi connectivity index (χ2n) is 7.50. The molecule has 0 bridgehead atoms. The van der Waals surface area contributed by atoms with Gasteiger partial charge in [0.2, 0.25) is 0 Å². The third-order valence-corrected chi connectivity index (χ3v) is 5.41. The van der Waals surface area contributed by atoms with Crippen LogP contribution in [0.4, 0.5) is 5.69 Å². The summed E-state index contributed by atoms with van der Waals surface area (Å²) in [5.74, 6) is -2.51. The zero-order chi connectivity index (χ0) is 21.4. The van der Waals surface area contributed by atoms with E-state index in [2.05, 4.69) is 30.1 Å². The number of fused-ring (bicyclic) bond motifs is 2. The van der Waals surface area contributed by atoms with E-state index < -0.39 is 11.9 Å². The minimum atomic E-state index is -1.26. The second-order valence-corrected chi connectivity index (χ2v) is 7.50. The Labute approximate surface area is 172 Å². The Morgan fingerprint density at radius 2 is 1.83 bits per heavy atom. The lowest BCUT2D eigenvalue weighted by atomic mass is 9.89. The third kappa shape index (κ3) is 6.58. The van der Waals surface area contributed by atoms with Crippen LogP contribution in [0.1, 0.15) is 35.6 Å². The smallest absolute Gasteiger partial charge is 0.328 e. The van der Waals surface area contributed by atoms with Crippen LogP contribution in [0.25, 0.3) is 0 Å². The van der Waals surface area contributed by atoms with Crippen LogP contribution in [0.3, 0.4) is 0 Å². The van der Waals surface area contributed by atoms with Gasteiger partial charge in [0, 0.05) is 38.0 Å². The summed E-state index contributed by atoms with van der Waals surface area (Å²) in [5, 5.41) is 19.2. The van der Waals surface area contributed by atoms with Crippen LogP contribution in [-0.2, 0) is 33.6 Å². The highest BCUT2D eigenvalue weighted by Crippen LogP contribution is 2.35. The fourth-order valence-corrected chi connectivity index (χ4v) is 4.04. The van der Waals surface area contributed by atoms with Gasteiger partial charge in [0.05, 0.1) is 6.10 Å². The van der Waals surface area contributed by atoms with Crippen molar-refractivity contribution in [2.45, 2.75) is 45.6 Å². The Kier molecular flexibility index (Phi) is 8.67. The number of benzene rings is 1. The van der Waals surface area contributed by atoms with Gasteiger partial charge in [-0.25, -0.2) is 9.59 Å². The predicted octanol–water partition coefficient (Wildman–Crippen LogP) is 2.18. The maximum absolute atomic E-state index is 9.55. The summed E-state index contributed by atoms with van der Waals surface area (Å²) < 4.78 is 5.49. The standard InChI is InChI=1S/C18H28N2O.C4H4O4/c1-13(21-3)12-20-10-4-5-16-11-15-6-8-19-9-7-17(15)14(2)18(16)20;5-3(6)1-2-4(7)8/h11,13,19H,4-10,12H2,1-3H3;1-2H,(H,5,6)(H,7,8)/b;2-1+/t13-;/m0./s1. The van der Waals surface area contributed by atoms with Gasteiger partial charge in [-0.1, -0.05) is 6.07 Å². The molecule has 0 spiro atoms. The Hall–Kier alpha value is -2.38. The van der Waals surface area contributed by atoms with E-state index in [9.17, 15) is 9.59 Å². The number of hydrogen-bond acceptors (Lipinski definition) is 5. The molecular formula is C22H32N2O5. The van der Waals surface area contributed by atoms with Crippen molar-refractivity contribution in [3.05, 3.63) is 40.5 Å². The first-order valence-electron chi connectivity index (χ1n) is 10.1. The first-order chi connectivity index (χ1) is 13.8. The van der Waals surface area contributed by atoms with Crippen molar-refractivity contribution in [3.63, 3.8) is 0 Å². The number of nitrogens with one attached hydrogen (secondary N) is 1. The van der Waals surface area contributed by atoms with Crippen LogP contribution in [0.2, 0.25) is 0 Å². The van der Waals surface area contributed by atoms with Gasteiger partial charge in [0.25, 0.3) is 0 Å². The van der Waals surface area contributed by atoms with Crippen molar-refractivity contribution in [1.29, 1.82) is 0 Å². The molecule has 0 aromatic heterocycles. The molecule has 0 amide bonds. The Morgan fingerprint density at radius 1 is 1.17 bits per heavy atom. The molecule has 2 aliphatic rings. The molecule has 3 N–H and O–H groups in total. The summed E-state index contributed by atoms with van der Waals surface area (Å²) in [5.41, 5.74) is 7.76. The van der Waals surface area contributed by atoms with Crippen LogP contribution in [0.15, 0.2) is 18.2 Å². The molecular weight excluding hydrogens is 372 g/mol. The molecule has 0 radical (unpaired) electrons. The lowest BCUT2D eigenvalue weighted by molar-refractivity contribution is -0.134. The molecule has 0 unspecified atom stereocenters. The number of anilines is 1. The van der Waals surface area contributed by atoms with E-state index >= 15 is 0 Å². The van der Waals surface area contributed by atoms with Crippen molar-refractivity contribution in [2.75, 3.05) is 38.2 Å². The van der Waals surface area contributed by atoms with Gasteiger partial charge in [-0.05, 0) is 74.9 Å². The molecule has 3 rings (SSSR count). The maximum Gasteiger partial charge on any atom is 0.328 e. The number of rotatable bonds is 5. The topological polar surface area (TPSA) is 99.1 Å². The number of carbonyl (C=O) groups is 2. The minimum absolute atomic E-state index is 0.288. The highest BCUT2D eigenvalue weighted by Gasteiger charge is 2.24. The van der Waals surface area contributed by atoms with Crippen molar-refractivity contribution in [3.8, 4) is 0 Å². The second kappa shape index (κ2) is 11.0. The van der Waals surface area contributed by atoms with Crippen molar-refractivity contribution < 1.29 is 24.5 Å². The van der Waals surface area contributed by atoms with E-state index in [1.54, 1.807) is 16.7 Å². The lowest BCUT2D eigenvalue weighted by Gasteiger charge is -2.35. The Balaban J connectivity index is 0.000000321. The van der Waals surface area contributed by atoms with Gasteiger partial charge < -0.3 is 25.2 Å². The van der Waals surface area contributed by atoms with Crippen LogP contribution in [0, 0.1) is 6.92 Å². The van der Waals surface area contributed by atoms with Crippen LogP contribution >= 0.6 is 0 Å². The van der Waals surface area contributed by atoms with E-state index in [0.29, 0.717) is 12.2 Å². The molecule has 7 heteroatoms. The number of aryl methyl sites for hydroxylation is 1. The molecule has 0 saturated carbocycles. The molecule has 29 heavy (non-hydrogen) atoms. The summed E-state index contributed by atoms with van der Waals surface area (Å²) >= 11 is 0. The van der Waals surface area contributed by atoms with Crippen LogP contribution < -0.4 is 10.2 Å². The van der Waals surface area contributed by atoms with Gasteiger partial charge in [-0.15, -0.1) is 0 Å². The summed E-state index contributed by atoms with van der Waals surface area (Å²) in [6.07, 6.45) is 6.25. The molecule has 1 aromatic rings. The number of ether oxygens (including phenoxy) is 1. The largest absolute Gasteiger partial charge is 0.478 e. The Bertz CT molecular complexity index is 744. The summed E-state index contributed by atoms with van der Waals surface area (Å²) in [6.45, 7) is 8.90. The third-order valence-electron chi connectivity index (χ3n) is 5.41. The molecule has 0 saturated heterocycles. The van der Waals surface area contributed by atoms with E-state index in [-0.39, 0.29) is 6.10 Å². The molecule has 7 nitrogen and oxygen atoms in total. The fourth-order valence-electron chi connectivity index (χ4n) is 4.04. The van der Waals surface area contributed by atoms with Gasteiger partial charge in [-0.3, -0.25) is 0 Å². The molecule has 2 heterocycles. The maximum atomic E-state index is 9.55. The molecule has 160 valence electrons. The predicted molar refractivity (Wildman–Crippen MR) is 113 cm³/mol. The van der Waals surface area contributed by atoms with Crippen molar-refractivity contribution >= 4 is 17.6 Å². The number of carboxylic acids is 2. The number of hydrogen-bond donors (Lipinski definition) is 3. The average Bonchev–Trinajstić information content (AvgIpc) is 2.92. The van der Waals surface area contributed by atoms with Crippen LogP contribution in [-0.4, -0.2) is 61.5 Å². The number of carboxylic acid groups (broad SMARTS) is 2. The van der Waals surface area contributed by atoms with Crippen molar-refractivity contribution in [2.24, 2.45) is 0 Å². The quantitative estimate of drug-likeness (QED) is 0.647. The molecule has 1 atom stereocenters. The lowest BCUT2D eigenvalue weighted by Crippen LogP contribution is -2.36. The van der Waals surface area contributed by atoms with E-state index in [1.165, 1.54) is 43.5 Å². The van der Waals surface area contributed by atoms with Crippen molar-refractivity contribution in [1.82, 2.24) is 5.32 Å². The number of nitrogens with zero attached hydrogens (tertiary/aromatic N) is 1. The highest BCUT2D eigenvalue weighted by atomic mass is 16.5. The van der Waals surface area contributed by atoms with E-state index in [1.807, 2.05) is 7.11 Å². The molecule has 0 aliphatic carbocycles. The molecule has 2 aliphatic heterocycles. The normalized spacial score (nSPS) is 16.9. The fraction of sp³-hybridized carbons (Fsp3) is 0.545. The van der Waals surface area contributed by atoms with E-state index in [4.69, 9.17) is 14.9 Å². The zero-order valence-corrected chi connectivity index (χ0v) is 17.5. The van der Waals surface area contributed by atoms with Gasteiger partial charge in [0.15, 0.2) is 0 Å². The zero-order valence-electron chi connectivity index (χ0n) is 17.5. The first-order valence-corrected chi connectivity index (χ1v) is 10.1. The summed E-state index contributed by atoms with van der Waals surface area (Å²) in [4.78, 5) is 21.7. The summed E-state index contributed by atoms with van der Waals surface area (Å²) in [6, 6.07) is 2.49. The number of methoxy groups -OCH3 is 1. The number of aliphatic carboxylic acids is 2. The van der Waals surface area contributed by atoms with Gasteiger partial charge in [-0.2, -0.15) is 0 Å². The summed E-state index contributed by atoms with van der Waals surface area (Å²) in [7, 11) is 1.81. The van der Waals surface area contributed by atoms with Gasteiger partial charge in [0.1, 0.15) is 0 Å². The SMILES string of the molecule is CO[C@@H](C)CN1CCCc2cc3c(c(C)c21)CCNCC3.O=C(O)/C=C/C(=O)O. The van der Waals surface area contributed by atoms with Gasteiger partial charge >= 0.3 is 11.9 Å². The highest BCUT2D eigenvalue weighted by molar-refractivity contribution is 5.89. The Morgan fingerprint density at radius 3 is 2.45 bits per heavy atom. The molecule has 1 aromatic carbocycles. The minimum Gasteiger partial charge on any atom is -0.478 e. The van der Waals surface area contributed by atoms with E-state index in [0.717, 1.165) is 19.6 Å².